The summed E-state index contributed by atoms with van der Waals surface area (Å²) in [4.78, 5) is 22.7. The zero-order valence-corrected chi connectivity index (χ0v) is 11.1. The number of carboxylic acid groups (broad SMARTS) is 1. The van der Waals surface area contributed by atoms with E-state index in [2.05, 4.69) is 5.32 Å². The Bertz CT molecular complexity index is 285. The molecule has 104 valence electrons. The van der Waals surface area contributed by atoms with Crippen molar-refractivity contribution in [3.63, 3.8) is 0 Å². The molecule has 1 aliphatic rings. The molecular weight excluding hydrogens is 234 g/mol. The lowest BCUT2D eigenvalue weighted by Gasteiger charge is -2.17. The Kier molecular flexibility index (Phi) is 6.12. The number of aliphatic carboxylic acids is 1. The molecule has 1 heterocycles. The molecule has 0 bridgehead atoms. The molecule has 1 rings (SSSR count). The van der Waals surface area contributed by atoms with E-state index in [1.54, 1.807) is 0 Å². The lowest BCUT2D eigenvalue weighted by Crippen LogP contribution is -2.41. The van der Waals surface area contributed by atoms with Crippen LogP contribution < -0.4 is 5.32 Å². The minimum atomic E-state index is -0.964. The zero-order valence-electron chi connectivity index (χ0n) is 11.1. The number of amides is 1. The van der Waals surface area contributed by atoms with Crippen LogP contribution in [0.2, 0.25) is 0 Å². The van der Waals surface area contributed by atoms with E-state index in [0.29, 0.717) is 19.3 Å². The SMILES string of the molecule is CC(C)CC(NC(=O)CCC1CCCO1)C(=O)O. The summed E-state index contributed by atoms with van der Waals surface area (Å²) in [7, 11) is 0. The van der Waals surface area contributed by atoms with Gasteiger partial charge >= 0.3 is 5.97 Å². The second-order valence-electron chi connectivity index (χ2n) is 5.26. The van der Waals surface area contributed by atoms with Gasteiger partial charge in [-0.25, -0.2) is 4.79 Å². The Hall–Kier alpha value is -1.10. The largest absolute Gasteiger partial charge is 0.480 e. The molecule has 0 aliphatic carbocycles. The quantitative estimate of drug-likeness (QED) is 0.725. The minimum Gasteiger partial charge on any atom is -0.480 e. The molecule has 5 heteroatoms. The second kappa shape index (κ2) is 7.36. The van der Waals surface area contributed by atoms with Crippen molar-refractivity contribution in [1.29, 1.82) is 0 Å². The predicted molar refractivity (Wildman–Crippen MR) is 67.2 cm³/mol. The maximum Gasteiger partial charge on any atom is 0.326 e. The number of carboxylic acids is 1. The van der Waals surface area contributed by atoms with E-state index in [1.165, 1.54) is 0 Å². The highest BCUT2D eigenvalue weighted by atomic mass is 16.5. The van der Waals surface area contributed by atoms with E-state index >= 15 is 0 Å². The molecule has 2 atom stereocenters. The van der Waals surface area contributed by atoms with Crippen molar-refractivity contribution in [2.45, 2.75) is 58.1 Å². The molecule has 0 saturated carbocycles. The van der Waals surface area contributed by atoms with Gasteiger partial charge in [0.05, 0.1) is 6.10 Å². The third-order valence-corrected chi connectivity index (χ3v) is 3.06. The fraction of sp³-hybridized carbons (Fsp3) is 0.846. The molecule has 1 aliphatic heterocycles. The molecule has 0 aromatic carbocycles. The van der Waals surface area contributed by atoms with Crippen LogP contribution in [-0.4, -0.2) is 35.7 Å². The van der Waals surface area contributed by atoms with Crippen molar-refractivity contribution in [2.75, 3.05) is 6.61 Å². The Morgan fingerprint density at radius 1 is 1.44 bits per heavy atom. The Morgan fingerprint density at radius 2 is 2.17 bits per heavy atom. The molecule has 18 heavy (non-hydrogen) atoms. The van der Waals surface area contributed by atoms with E-state index < -0.39 is 12.0 Å². The summed E-state index contributed by atoms with van der Waals surface area (Å²) < 4.78 is 5.42. The van der Waals surface area contributed by atoms with Gasteiger partial charge in [-0.2, -0.15) is 0 Å². The van der Waals surface area contributed by atoms with Gasteiger partial charge in [0.15, 0.2) is 0 Å². The van der Waals surface area contributed by atoms with Crippen LogP contribution in [0.15, 0.2) is 0 Å². The molecule has 0 radical (unpaired) electrons. The van der Waals surface area contributed by atoms with Crippen LogP contribution in [0.5, 0.6) is 0 Å². The van der Waals surface area contributed by atoms with Gasteiger partial charge in [-0.05, 0) is 31.6 Å². The maximum atomic E-state index is 11.7. The van der Waals surface area contributed by atoms with Crippen LogP contribution >= 0.6 is 0 Å². The predicted octanol–water partition coefficient (Wildman–Crippen LogP) is 1.56. The van der Waals surface area contributed by atoms with E-state index in [9.17, 15) is 9.59 Å². The molecule has 1 saturated heterocycles. The highest BCUT2D eigenvalue weighted by molar-refractivity contribution is 5.83. The number of nitrogens with one attached hydrogen (secondary N) is 1. The standard InChI is InChI=1S/C13H23NO4/c1-9(2)8-11(13(16)17)14-12(15)6-5-10-4-3-7-18-10/h9-11H,3-8H2,1-2H3,(H,14,15)(H,16,17). The number of rotatable bonds is 7. The van der Waals surface area contributed by atoms with E-state index in [0.717, 1.165) is 19.4 Å². The summed E-state index contributed by atoms with van der Waals surface area (Å²) in [5, 5.41) is 11.6. The second-order valence-corrected chi connectivity index (χ2v) is 5.26. The molecule has 1 fully saturated rings. The minimum absolute atomic E-state index is 0.170. The first-order chi connectivity index (χ1) is 8.49. The lowest BCUT2D eigenvalue weighted by molar-refractivity contribution is -0.142. The first kappa shape index (κ1) is 15.0. The van der Waals surface area contributed by atoms with Gasteiger partial charge in [-0.1, -0.05) is 13.8 Å². The van der Waals surface area contributed by atoms with Crippen LogP contribution in [0.25, 0.3) is 0 Å². The van der Waals surface area contributed by atoms with Crippen molar-refractivity contribution in [3.05, 3.63) is 0 Å². The smallest absolute Gasteiger partial charge is 0.326 e. The lowest BCUT2D eigenvalue weighted by atomic mass is 10.0. The highest BCUT2D eigenvalue weighted by Gasteiger charge is 2.22. The molecule has 0 aromatic rings. The summed E-state index contributed by atoms with van der Waals surface area (Å²) in [6, 6.07) is -0.776. The molecule has 5 nitrogen and oxygen atoms in total. The van der Waals surface area contributed by atoms with Gasteiger partial charge in [0, 0.05) is 13.0 Å². The fourth-order valence-corrected chi connectivity index (χ4v) is 2.12. The summed E-state index contributed by atoms with van der Waals surface area (Å²) in [5.74, 6) is -0.919. The van der Waals surface area contributed by atoms with Crippen molar-refractivity contribution in [1.82, 2.24) is 5.32 Å². The Labute approximate surface area is 108 Å². The fourth-order valence-electron chi connectivity index (χ4n) is 2.12. The number of carbonyl (C=O) groups is 2. The molecule has 2 unspecified atom stereocenters. The third-order valence-electron chi connectivity index (χ3n) is 3.06. The van der Waals surface area contributed by atoms with Gasteiger partial charge in [-0.15, -0.1) is 0 Å². The normalized spacial score (nSPS) is 20.9. The van der Waals surface area contributed by atoms with Crippen LogP contribution in [-0.2, 0) is 14.3 Å². The van der Waals surface area contributed by atoms with Gasteiger partial charge in [-0.3, -0.25) is 4.79 Å². The van der Waals surface area contributed by atoms with E-state index in [1.807, 2.05) is 13.8 Å². The Morgan fingerprint density at radius 3 is 2.67 bits per heavy atom. The van der Waals surface area contributed by atoms with Crippen LogP contribution in [0.1, 0.15) is 46.0 Å². The first-order valence-electron chi connectivity index (χ1n) is 6.62. The third kappa shape index (κ3) is 5.49. The van der Waals surface area contributed by atoms with Gasteiger partial charge < -0.3 is 15.2 Å². The van der Waals surface area contributed by atoms with Gasteiger partial charge in [0.1, 0.15) is 6.04 Å². The highest BCUT2D eigenvalue weighted by Crippen LogP contribution is 2.16. The van der Waals surface area contributed by atoms with Crippen LogP contribution in [0, 0.1) is 5.92 Å². The van der Waals surface area contributed by atoms with E-state index in [-0.39, 0.29) is 17.9 Å². The average Bonchev–Trinajstić information content (AvgIpc) is 2.77. The van der Waals surface area contributed by atoms with E-state index in [4.69, 9.17) is 9.84 Å². The Balaban J connectivity index is 2.29. The number of hydrogen-bond donors (Lipinski definition) is 2. The topological polar surface area (TPSA) is 75.6 Å². The van der Waals surface area contributed by atoms with Crippen molar-refractivity contribution in [3.8, 4) is 0 Å². The molecule has 0 aromatic heterocycles. The molecule has 2 N–H and O–H groups in total. The average molecular weight is 257 g/mol. The van der Waals surface area contributed by atoms with Crippen molar-refractivity contribution >= 4 is 11.9 Å². The maximum absolute atomic E-state index is 11.7. The first-order valence-corrected chi connectivity index (χ1v) is 6.62. The number of hydrogen-bond acceptors (Lipinski definition) is 3. The zero-order chi connectivity index (χ0) is 13.5. The summed E-state index contributed by atoms with van der Waals surface area (Å²) >= 11 is 0. The summed E-state index contributed by atoms with van der Waals surface area (Å²) in [6.07, 6.45) is 3.70. The van der Waals surface area contributed by atoms with Crippen molar-refractivity contribution in [2.24, 2.45) is 5.92 Å². The van der Waals surface area contributed by atoms with Crippen LogP contribution in [0.3, 0.4) is 0 Å². The molecule has 0 spiro atoms. The van der Waals surface area contributed by atoms with Gasteiger partial charge in [0.2, 0.25) is 5.91 Å². The monoisotopic (exact) mass is 257 g/mol. The summed E-state index contributed by atoms with van der Waals surface area (Å²) in [6.45, 7) is 4.65. The van der Waals surface area contributed by atoms with Crippen molar-refractivity contribution < 1.29 is 19.4 Å². The number of carbonyl (C=O) groups excluding carboxylic acids is 1. The van der Waals surface area contributed by atoms with Crippen LogP contribution in [0.4, 0.5) is 0 Å². The summed E-state index contributed by atoms with van der Waals surface area (Å²) in [5.41, 5.74) is 0. The number of ether oxygens (including phenoxy) is 1. The molecular formula is C13H23NO4. The molecule has 1 amide bonds. The van der Waals surface area contributed by atoms with Gasteiger partial charge in [0.25, 0.3) is 0 Å².